The highest BCUT2D eigenvalue weighted by molar-refractivity contribution is 5.69. The van der Waals surface area contributed by atoms with E-state index in [2.05, 4.69) is 39.1 Å². The molecule has 108 valence electrons. The standard InChI is InChI=1S/C17H19N3O/c21-16-13(5-6-17(16)8-19-9-17)15-12-4-2-1-3-11(12)14-7-18-10-20(14)15/h1-4,7,10,13,15-16,19,21H,5-6,8-9H2. The third kappa shape index (κ3) is 1.39. The number of nitrogens with one attached hydrogen (secondary N) is 1. The van der Waals surface area contributed by atoms with Crippen molar-refractivity contribution in [2.24, 2.45) is 11.3 Å². The lowest BCUT2D eigenvalue weighted by Crippen LogP contribution is -2.58. The number of hydrogen-bond donors (Lipinski definition) is 2. The molecule has 1 spiro atoms. The number of aromatic nitrogens is 2. The van der Waals surface area contributed by atoms with Crippen LogP contribution in [-0.2, 0) is 0 Å². The number of aliphatic hydroxyl groups is 1. The monoisotopic (exact) mass is 281 g/mol. The van der Waals surface area contributed by atoms with Crippen LogP contribution in [0.3, 0.4) is 0 Å². The summed E-state index contributed by atoms with van der Waals surface area (Å²) >= 11 is 0. The fraction of sp³-hybridized carbons (Fsp3) is 0.471. The van der Waals surface area contributed by atoms with Crippen LogP contribution < -0.4 is 5.32 Å². The van der Waals surface area contributed by atoms with Crippen molar-refractivity contribution in [3.8, 4) is 11.3 Å². The van der Waals surface area contributed by atoms with E-state index >= 15 is 0 Å². The Hall–Kier alpha value is -1.65. The number of hydrogen-bond acceptors (Lipinski definition) is 3. The Labute approximate surface area is 123 Å². The molecule has 4 nitrogen and oxygen atoms in total. The minimum absolute atomic E-state index is 0.128. The molecule has 3 heterocycles. The number of aliphatic hydroxyl groups excluding tert-OH is 1. The zero-order chi connectivity index (χ0) is 14.0. The lowest BCUT2D eigenvalue weighted by molar-refractivity contribution is -0.0179. The Bertz CT molecular complexity index is 704. The van der Waals surface area contributed by atoms with E-state index in [1.165, 1.54) is 16.8 Å². The predicted octanol–water partition coefficient (Wildman–Crippen LogP) is 1.81. The highest BCUT2D eigenvalue weighted by Gasteiger charge is 2.54. The molecule has 2 fully saturated rings. The highest BCUT2D eigenvalue weighted by atomic mass is 16.3. The first-order valence-corrected chi connectivity index (χ1v) is 7.80. The normalized spacial score (nSPS) is 32.0. The molecule has 21 heavy (non-hydrogen) atoms. The van der Waals surface area contributed by atoms with Gasteiger partial charge in [-0.15, -0.1) is 0 Å². The molecule has 0 amide bonds. The van der Waals surface area contributed by atoms with Crippen LogP contribution in [0.4, 0.5) is 0 Å². The average molecular weight is 281 g/mol. The number of nitrogens with zero attached hydrogens (tertiary/aromatic N) is 2. The topological polar surface area (TPSA) is 50.1 Å². The molecule has 3 aliphatic rings. The van der Waals surface area contributed by atoms with Gasteiger partial charge in [-0.05, 0) is 18.4 Å². The van der Waals surface area contributed by atoms with Crippen molar-refractivity contribution in [1.29, 1.82) is 0 Å². The molecule has 1 aromatic heterocycles. The number of fused-ring (bicyclic) bond motifs is 3. The van der Waals surface area contributed by atoms with Gasteiger partial charge in [0.25, 0.3) is 0 Å². The summed E-state index contributed by atoms with van der Waals surface area (Å²) in [5, 5.41) is 14.3. The minimum atomic E-state index is -0.217. The SMILES string of the molecule is OC1C(C2c3ccccc3-c3cncn32)CCC12CNC2. The van der Waals surface area contributed by atoms with Crippen LogP contribution >= 0.6 is 0 Å². The second kappa shape index (κ2) is 3.96. The fourth-order valence-electron chi connectivity index (χ4n) is 4.69. The lowest BCUT2D eigenvalue weighted by atomic mass is 9.75. The van der Waals surface area contributed by atoms with Gasteiger partial charge in [-0.2, -0.15) is 0 Å². The van der Waals surface area contributed by atoms with E-state index < -0.39 is 0 Å². The van der Waals surface area contributed by atoms with Crippen molar-refractivity contribution in [2.45, 2.75) is 25.0 Å². The molecule has 1 aromatic carbocycles. The zero-order valence-electron chi connectivity index (χ0n) is 11.9. The van der Waals surface area contributed by atoms with Crippen LogP contribution in [0.5, 0.6) is 0 Å². The van der Waals surface area contributed by atoms with Crippen molar-refractivity contribution >= 4 is 0 Å². The summed E-state index contributed by atoms with van der Waals surface area (Å²) in [6.07, 6.45) is 5.89. The van der Waals surface area contributed by atoms with Gasteiger partial charge in [-0.1, -0.05) is 24.3 Å². The van der Waals surface area contributed by atoms with Gasteiger partial charge in [0.15, 0.2) is 0 Å². The van der Waals surface area contributed by atoms with E-state index in [-0.39, 0.29) is 17.6 Å². The van der Waals surface area contributed by atoms with Crippen LogP contribution in [0.2, 0.25) is 0 Å². The largest absolute Gasteiger partial charge is 0.392 e. The summed E-state index contributed by atoms with van der Waals surface area (Å²) in [5.41, 5.74) is 3.95. The summed E-state index contributed by atoms with van der Waals surface area (Å²) in [7, 11) is 0. The third-order valence-corrected chi connectivity index (χ3v) is 5.89. The Morgan fingerprint density at radius 3 is 2.90 bits per heavy atom. The van der Waals surface area contributed by atoms with E-state index in [1.807, 2.05) is 12.5 Å². The molecular formula is C17H19N3O. The maximum atomic E-state index is 10.9. The van der Waals surface area contributed by atoms with E-state index in [0.29, 0.717) is 5.92 Å². The Balaban J connectivity index is 1.61. The van der Waals surface area contributed by atoms with Crippen LogP contribution in [0, 0.1) is 11.3 Å². The van der Waals surface area contributed by atoms with Gasteiger partial charge in [0.2, 0.25) is 0 Å². The smallest absolute Gasteiger partial charge is 0.0956 e. The summed E-state index contributed by atoms with van der Waals surface area (Å²) in [6, 6.07) is 8.82. The second-order valence-electron chi connectivity index (χ2n) is 6.83. The van der Waals surface area contributed by atoms with Crippen molar-refractivity contribution in [2.75, 3.05) is 13.1 Å². The average Bonchev–Trinajstić information content (AvgIpc) is 3.11. The zero-order valence-corrected chi connectivity index (χ0v) is 11.9. The molecule has 2 aliphatic heterocycles. The molecule has 5 rings (SSSR count). The van der Waals surface area contributed by atoms with Crippen molar-refractivity contribution in [1.82, 2.24) is 14.9 Å². The van der Waals surface area contributed by atoms with Crippen molar-refractivity contribution in [3.05, 3.63) is 42.4 Å². The van der Waals surface area contributed by atoms with Crippen LogP contribution in [0.15, 0.2) is 36.8 Å². The van der Waals surface area contributed by atoms with E-state index in [4.69, 9.17) is 0 Å². The van der Waals surface area contributed by atoms with E-state index in [1.54, 1.807) is 0 Å². The van der Waals surface area contributed by atoms with Gasteiger partial charge >= 0.3 is 0 Å². The molecule has 1 aliphatic carbocycles. The molecule has 1 saturated carbocycles. The van der Waals surface area contributed by atoms with E-state index in [9.17, 15) is 5.11 Å². The van der Waals surface area contributed by atoms with Crippen molar-refractivity contribution in [3.63, 3.8) is 0 Å². The quantitative estimate of drug-likeness (QED) is 0.838. The van der Waals surface area contributed by atoms with E-state index in [0.717, 1.165) is 25.9 Å². The highest BCUT2D eigenvalue weighted by Crippen LogP contribution is 2.53. The van der Waals surface area contributed by atoms with Crippen LogP contribution in [0.25, 0.3) is 11.3 Å². The number of imidazole rings is 1. The number of benzene rings is 1. The Kier molecular flexibility index (Phi) is 2.25. The van der Waals surface area contributed by atoms with Crippen LogP contribution in [-0.4, -0.2) is 33.9 Å². The number of rotatable bonds is 1. The second-order valence-corrected chi connectivity index (χ2v) is 6.83. The Morgan fingerprint density at radius 2 is 2.14 bits per heavy atom. The van der Waals surface area contributed by atoms with Gasteiger partial charge in [0.1, 0.15) is 0 Å². The summed E-state index contributed by atoms with van der Waals surface area (Å²) in [5.74, 6) is 0.295. The lowest BCUT2D eigenvalue weighted by Gasteiger charge is -2.43. The molecule has 2 N–H and O–H groups in total. The molecule has 2 aromatic rings. The fourth-order valence-corrected chi connectivity index (χ4v) is 4.69. The maximum Gasteiger partial charge on any atom is 0.0956 e. The molecule has 3 unspecified atom stereocenters. The minimum Gasteiger partial charge on any atom is -0.392 e. The summed E-state index contributed by atoms with van der Waals surface area (Å²) < 4.78 is 2.27. The maximum absolute atomic E-state index is 10.9. The van der Waals surface area contributed by atoms with Gasteiger partial charge < -0.3 is 15.0 Å². The predicted molar refractivity (Wildman–Crippen MR) is 79.8 cm³/mol. The molecule has 0 radical (unpaired) electrons. The van der Waals surface area contributed by atoms with Gasteiger partial charge in [0, 0.05) is 30.0 Å². The van der Waals surface area contributed by atoms with Gasteiger partial charge in [0.05, 0.1) is 30.4 Å². The molecule has 0 bridgehead atoms. The molecule has 1 saturated heterocycles. The molecule has 3 atom stereocenters. The van der Waals surface area contributed by atoms with Gasteiger partial charge in [-0.25, -0.2) is 4.98 Å². The first-order valence-electron chi connectivity index (χ1n) is 7.80. The van der Waals surface area contributed by atoms with Crippen molar-refractivity contribution < 1.29 is 5.11 Å². The third-order valence-electron chi connectivity index (χ3n) is 5.89. The first-order chi connectivity index (χ1) is 10.3. The molecule has 4 heteroatoms. The Morgan fingerprint density at radius 1 is 1.29 bits per heavy atom. The van der Waals surface area contributed by atoms with Crippen LogP contribution in [0.1, 0.15) is 24.4 Å². The van der Waals surface area contributed by atoms with Gasteiger partial charge in [-0.3, -0.25) is 0 Å². The summed E-state index contributed by atoms with van der Waals surface area (Å²) in [4.78, 5) is 4.33. The first kappa shape index (κ1) is 12.0. The molecular weight excluding hydrogens is 262 g/mol. The summed E-state index contributed by atoms with van der Waals surface area (Å²) in [6.45, 7) is 1.94.